The van der Waals surface area contributed by atoms with Gasteiger partial charge in [-0.2, -0.15) is 8.42 Å². The summed E-state index contributed by atoms with van der Waals surface area (Å²) in [4.78, 5) is 0.254. The van der Waals surface area contributed by atoms with Crippen molar-refractivity contribution in [3.8, 4) is 0 Å². The van der Waals surface area contributed by atoms with Gasteiger partial charge in [-0.05, 0) is 123 Å². The highest BCUT2D eigenvalue weighted by atomic mass is 32.2. The zero-order valence-electron chi connectivity index (χ0n) is 24.6. The van der Waals surface area contributed by atoms with Crippen LogP contribution in [0.4, 0.5) is 0 Å². The topological polar surface area (TPSA) is 61.8 Å². The van der Waals surface area contributed by atoms with Crippen LogP contribution in [0.3, 0.4) is 0 Å². The number of aryl methyl sites for hydroxylation is 1. The minimum atomic E-state index is -3.68. The van der Waals surface area contributed by atoms with E-state index in [1.54, 1.807) is 12.1 Å². The van der Waals surface area contributed by atoms with E-state index in [0.29, 0.717) is 16.7 Å². The maximum absolute atomic E-state index is 12.6. The molecule has 0 radical (unpaired) electrons. The molecule has 0 aromatic heterocycles. The van der Waals surface area contributed by atoms with E-state index in [2.05, 4.69) is 20.8 Å². The summed E-state index contributed by atoms with van der Waals surface area (Å²) in [6.45, 7) is 11.4. The van der Waals surface area contributed by atoms with E-state index >= 15 is 0 Å². The van der Waals surface area contributed by atoms with Gasteiger partial charge in [0.15, 0.2) is 5.79 Å². The van der Waals surface area contributed by atoms with Gasteiger partial charge in [0.1, 0.15) is 0 Å². The van der Waals surface area contributed by atoms with Crippen molar-refractivity contribution < 1.29 is 22.1 Å². The van der Waals surface area contributed by atoms with Crippen molar-refractivity contribution in [3.05, 3.63) is 29.8 Å². The molecule has 39 heavy (non-hydrogen) atoms. The molecule has 8 atom stereocenters. The molecule has 1 heterocycles. The van der Waals surface area contributed by atoms with Gasteiger partial charge in [-0.1, -0.05) is 38.5 Å². The van der Waals surface area contributed by atoms with E-state index < -0.39 is 10.1 Å². The fourth-order valence-electron chi connectivity index (χ4n) is 10.5. The Bertz CT molecular complexity index is 1130. The third-order valence-corrected chi connectivity index (χ3v) is 13.9. The number of benzene rings is 1. The minimum Gasteiger partial charge on any atom is -0.348 e. The lowest BCUT2D eigenvalue weighted by molar-refractivity contribution is -0.229. The Labute approximate surface area is 236 Å². The van der Waals surface area contributed by atoms with Crippen LogP contribution in [0.1, 0.15) is 97.0 Å². The first kappa shape index (κ1) is 28.2. The van der Waals surface area contributed by atoms with E-state index in [1.165, 1.54) is 44.9 Å². The molecule has 218 valence electrons. The Hall–Kier alpha value is -0.950. The van der Waals surface area contributed by atoms with E-state index in [9.17, 15) is 8.42 Å². The van der Waals surface area contributed by atoms with Crippen molar-refractivity contribution >= 4 is 10.1 Å². The average molecular weight is 559 g/mol. The highest BCUT2D eigenvalue weighted by Gasteiger charge is 2.62. The van der Waals surface area contributed by atoms with E-state index in [1.807, 2.05) is 19.1 Å². The normalized spacial score (nSPS) is 40.2. The maximum Gasteiger partial charge on any atom is 0.296 e. The monoisotopic (exact) mass is 558 g/mol. The third-order valence-electron chi connectivity index (χ3n) is 12.6. The van der Waals surface area contributed by atoms with Crippen molar-refractivity contribution in [2.45, 2.75) is 109 Å². The van der Waals surface area contributed by atoms with Gasteiger partial charge < -0.3 is 9.47 Å². The third kappa shape index (κ3) is 4.93. The average Bonchev–Trinajstić information content (AvgIpc) is 3.51. The number of ether oxygens (including phenoxy) is 2. The first-order chi connectivity index (χ1) is 18.6. The van der Waals surface area contributed by atoms with Gasteiger partial charge in [0.2, 0.25) is 0 Å². The maximum atomic E-state index is 12.6. The van der Waals surface area contributed by atoms with Crippen LogP contribution in [-0.2, 0) is 23.8 Å². The van der Waals surface area contributed by atoms with Crippen LogP contribution in [0.5, 0.6) is 0 Å². The van der Waals surface area contributed by atoms with Crippen molar-refractivity contribution in [3.63, 3.8) is 0 Å². The van der Waals surface area contributed by atoms with E-state index in [0.717, 1.165) is 74.1 Å². The van der Waals surface area contributed by atoms with Gasteiger partial charge in [-0.3, -0.25) is 4.18 Å². The Morgan fingerprint density at radius 2 is 1.64 bits per heavy atom. The molecule has 4 saturated carbocycles. The first-order valence-electron chi connectivity index (χ1n) is 15.8. The minimum absolute atomic E-state index is 0.254. The van der Waals surface area contributed by atoms with Crippen LogP contribution in [0.25, 0.3) is 0 Å². The van der Waals surface area contributed by atoms with Crippen LogP contribution in [0, 0.1) is 53.3 Å². The molecular weight excluding hydrogens is 508 g/mol. The predicted molar refractivity (Wildman–Crippen MR) is 153 cm³/mol. The van der Waals surface area contributed by atoms with Gasteiger partial charge in [0.25, 0.3) is 10.1 Å². The lowest BCUT2D eigenvalue weighted by Gasteiger charge is -2.62. The highest BCUT2D eigenvalue weighted by Crippen LogP contribution is 2.69. The number of hydrogen-bond donors (Lipinski definition) is 0. The fourth-order valence-corrected chi connectivity index (χ4v) is 11.4. The van der Waals surface area contributed by atoms with Crippen molar-refractivity contribution in [1.82, 2.24) is 0 Å². The molecule has 1 spiro atoms. The molecule has 6 rings (SSSR count). The molecule has 0 N–H and O–H groups in total. The first-order valence-corrected chi connectivity index (χ1v) is 17.2. The Kier molecular flexibility index (Phi) is 7.51. The second-order valence-electron chi connectivity index (χ2n) is 14.4. The molecule has 5 aliphatic rings. The lowest BCUT2D eigenvalue weighted by Crippen LogP contribution is -2.56. The molecular formula is C33H50O5S. The summed E-state index contributed by atoms with van der Waals surface area (Å²) in [5.74, 6) is 4.36. The zero-order chi connectivity index (χ0) is 27.5. The van der Waals surface area contributed by atoms with Crippen molar-refractivity contribution in [2.75, 3.05) is 19.8 Å². The van der Waals surface area contributed by atoms with E-state index in [-0.39, 0.29) is 17.3 Å². The van der Waals surface area contributed by atoms with Gasteiger partial charge in [-0.25, -0.2) is 0 Å². The summed E-state index contributed by atoms with van der Waals surface area (Å²) in [6.07, 6.45) is 13.4. The largest absolute Gasteiger partial charge is 0.348 e. The summed E-state index contributed by atoms with van der Waals surface area (Å²) in [7, 11) is -3.68. The van der Waals surface area contributed by atoms with E-state index in [4.69, 9.17) is 13.7 Å². The van der Waals surface area contributed by atoms with Crippen molar-refractivity contribution in [2.24, 2.45) is 46.3 Å². The molecule has 1 aliphatic heterocycles. The molecule has 4 aliphatic carbocycles. The summed E-state index contributed by atoms with van der Waals surface area (Å²) >= 11 is 0. The highest BCUT2D eigenvalue weighted by molar-refractivity contribution is 7.86. The summed E-state index contributed by atoms with van der Waals surface area (Å²) in [5.41, 5.74) is 1.91. The summed E-state index contributed by atoms with van der Waals surface area (Å²) in [6, 6.07) is 6.91. The molecule has 1 aromatic carbocycles. The smallest absolute Gasteiger partial charge is 0.296 e. The summed E-state index contributed by atoms with van der Waals surface area (Å²) in [5, 5.41) is 0. The molecule has 5 fully saturated rings. The SMILES string of the molecule is Cc1ccc(S(=O)(=O)OCCCC(C)[C@H]2CCC3C4CC[C@H]5CC6(CC[C@]5(C)C4CC[C@@]32C)OCCO6)cc1. The van der Waals surface area contributed by atoms with Crippen LogP contribution in [-0.4, -0.2) is 34.0 Å². The molecule has 1 aromatic rings. The Morgan fingerprint density at radius 1 is 0.923 bits per heavy atom. The molecule has 5 nitrogen and oxygen atoms in total. The number of rotatable bonds is 7. The molecule has 4 unspecified atom stereocenters. The van der Waals surface area contributed by atoms with Crippen LogP contribution < -0.4 is 0 Å². The van der Waals surface area contributed by atoms with Crippen LogP contribution in [0.15, 0.2) is 29.2 Å². The van der Waals surface area contributed by atoms with Crippen LogP contribution >= 0.6 is 0 Å². The number of fused-ring (bicyclic) bond motifs is 5. The quantitative estimate of drug-likeness (QED) is 0.256. The summed E-state index contributed by atoms with van der Waals surface area (Å²) < 4.78 is 42.9. The Balaban J connectivity index is 1.05. The molecule has 0 bridgehead atoms. The standard InChI is InChI=1S/C33H50O5S/c1-23-7-10-26(11-8-23)39(34,35)38-19-5-6-24(2)28-13-14-29-27-12-9-25-22-33(36-20-21-37-33)18-17-31(25,3)30(27)15-16-32(28,29)4/h7-8,10-11,24-25,27-30H,5-6,9,12-22H2,1-4H3/t24?,25-,27?,28+,29?,30?,31-,32+/m0/s1. The lowest BCUT2D eigenvalue weighted by atomic mass is 9.44. The molecule has 0 amide bonds. The fraction of sp³-hybridized carbons (Fsp3) is 0.818. The van der Waals surface area contributed by atoms with Crippen LogP contribution in [0.2, 0.25) is 0 Å². The zero-order valence-corrected chi connectivity index (χ0v) is 25.4. The second kappa shape index (κ2) is 10.4. The Morgan fingerprint density at radius 3 is 2.38 bits per heavy atom. The molecule has 1 saturated heterocycles. The van der Waals surface area contributed by atoms with Gasteiger partial charge in [-0.15, -0.1) is 0 Å². The predicted octanol–water partition coefficient (Wildman–Crippen LogP) is 7.52. The van der Waals surface area contributed by atoms with Gasteiger partial charge >= 0.3 is 0 Å². The number of hydrogen-bond acceptors (Lipinski definition) is 5. The van der Waals surface area contributed by atoms with Gasteiger partial charge in [0, 0.05) is 12.8 Å². The van der Waals surface area contributed by atoms with Crippen molar-refractivity contribution in [1.29, 1.82) is 0 Å². The van der Waals surface area contributed by atoms with Gasteiger partial charge in [0.05, 0.1) is 24.7 Å². The molecule has 6 heteroatoms. The second-order valence-corrected chi connectivity index (χ2v) is 16.0.